The number of hydrogen-bond donors (Lipinski definition) is 3. The molecule has 0 radical (unpaired) electrons. The van der Waals surface area contributed by atoms with E-state index in [1.54, 1.807) is 18.3 Å². The second kappa shape index (κ2) is 3.92. The van der Waals surface area contributed by atoms with Crippen LogP contribution in [0.5, 0.6) is 5.75 Å². The summed E-state index contributed by atoms with van der Waals surface area (Å²) in [4.78, 5) is 7.18. The molecule has 0 aliphatic carbocycles. The number of benzene rings is 1. The van der Waals surface area contributed by atoms with Gasteiger partial charge in [-0.3, -0.25) is 0 Å². The quantitative estimate of drug-likeness (QED) is 0.597. The lowest BCUT2D eigenvalue weighted by atomic mass is 10.2. The third-order valence-electron chi connectivity index (χ3n) is 2.52. The van der Waals surface area contributed by atoms with Crippen LogP contribution in [0.2, 0.25) is 0 Å². The van der Waals surface area contributed by atoms with Gasteiger partial charge in [0.2, 0.25) is 5.82 Å². The van der Waals surface area contributed by atoms with E-state index in [4.69, 9.17) is 10.3 Å². The zero-order valence-corrected chi connectivity index (χ0v) is 9.29. The molecule has 0 amide bonds. The number of phenolic OH excluding ortho intramolecular Hbond substituents is 1. The Morgan fingerprint density at radius 2 is 2.17 bits per heavy atom. The van der Waals surface area contributed by atoms with Crippen LogP contribution in [0.4, 0.5) is 5.69 Å². The highest BCUT2D eigenvalue weighted by molar-refractivity contribution is 5.67. The molecule has 0 atom stereocenters. The molecule has 2 heterocycles. The van der Waals surface area contributed by atoms with Gasteiger partial charge in [-0.25, -0.2) is 0 Å². The predicted octanol–water partition coefficient (Wildman–Crippen LogP) is 2.02. The normalized spacial score (nSPS) is 10.7. The molecule has 0 aliphatic rings. The van der Waals surface area contributed by atoms with Crippen molar-refractivity contribution in [1.29, 1.82) is 0 Å². The van der Waals surface area contributed by atoms with Gasteiger partial charge in [0.15, 0.2) is 0 Å². The number of aromatic hydroxyl groups is 1. The first-order chi connectivity index (χ1) is 8.74. The Bertz CT molecular complexity index is 673. The molecule has 90 valence electrons. The highest BCUT2D eigenvalue weighted by atomic mass is 16.5. The molecule has 3 aromatic rings. The van der Waals surface area contributed by atoms with Gasteiger partial charge in [-0.15, -0.1) is 0 Å². The smallest absolute Gasteiger partial charge is 0.262 e. The van der Waals surface area contributed by atoms with E-state index >= 15 is 0 Å². The molecule has 18 heavy (non-hydrogen) atoms. The van der Waals surface area contributed by atoms with E-state index in [9.17, 15) is 5.11 Å². The number of nitrogens with one attached hydrogen (secondary N) is 1. The topological polar surface area (TPSA) is 101 Å². The Morgan fingerprint density at radius 3 is 2.89 bits per heavy atom. The SMILES string of the molecule is Nc1ccc(-c2nc(-c3ccc[nH]3)no2)c(O)c1. The Balaban J connectivity index is 2.03. The fraction of sp³-hybridized carbons (Fsp3) is 0. The molecule has 0 saturated carbocycles. The number of H-pyrrole nitrogens is 1. The fourth-order valence-corrected chi connectivity index (χ4v) is 1.64. The van der Waals surface area contributed by atoms with Gasteiger partial charge in [-0.05, 0) is 24.3 Å². The molecule has 6 nitrogen and oxygen atoms in total. The van der Waals surface area contributed by atoms with Crippen molar-refractivity contribution in [2.45, 2.75) is 0 Å². The van der Waals surface area contributed by atoms with Crippen molar-refractivity contribution in [2.75, 3.05) is 5.73 Å². The summed E-state index contributed by atoms with van der Waals surface area (Å²) in [5, 5.41) is 13.6. The number of nitrogens with zero attached hydrogens (tertiary/aromatic N) is 2. The Morgan fingerprint density at radius 1 is 1.28 bits per heavy atom. The first-order valence-electron chi connectivity index (χ1n) is 5.30. The minimum atomic E-state index is 0.0108. The number of hydrogen-bond acceptors (Lipinski definition) is 5. The molecule has 0 aliphatic heterocycles. The molecule has 0 fully saturated rings. The molecular weight excluding hydrogens is 232 g/mol. The molecule has 0 saturated heterocycles. The Kier molecular flexibility index (Phi) is 2.26. The maximum atomic E-state index is 9.77. The van der Waals surface area contributed by atoms with Crippen molar-refractivity contribution in [3.05, 3.63) is 36.5 Å². The van der Waals surface area contributed by atoms with Crippen molar-refractivity contribution in [3.8, 4) is 28.7 Å². The molecule has 4 N–H and O–H groups in total. The fourth-order valence-electron chi connectivity index (χ4n) is 1.64. The van der Waals surface area contributed by atoms with Gasteiger partial charge in [-0.1, -0.05) is 5.16 Å². The van der Waals surface area contributed by atoms with Crippen molar-refractivity contribution in [2.24, 2.45) is 0 Å². The Hall–Kier alpha value is -2.76. The lowest BCUT2D eigenvalue weighted by Crippen LogP contribution is -1.86. The maximum absolute atomic E-state index is 9.77. The van der Waals surface area contributed by atoms with Crippen molar-refractivity contribution in [3.63, 3.8) is 0 Å². The molecule has 0 spiro atoms. The summed E-state index contributed by atoms with van der Waals surface area (Å²) in [7, 11) is 0. The largest absolute Gasteiger partial charge is 0.507 e. The van der Waals surface area contributed by atoms with Gasteiger partial charge in [0.05, 0.1) is 11.3 Å². The second-order valence-corrected chi connectivity index (χ2v) is 3.78. The van der Waals surface area contributed by atoms with E-state index in [2.05, 4.69) is 15.1 Å². The van der Waals surface area contributed by atoms with Crippen molar-refractivity contribution < 1.29 is 9.63 Å². The molecular formula is C12H10N4O2. The zero-order valence-electron chi connectivity index (χ0n) is 9.29. The summed E-state index contributed by atoms with van der Waals surface area (Å²) in [6.45, 7) is 0. The lowest BCUT2D eigenvalue weighted by molar-refractivity contribution is 0.425. The highest BCUT2D eigenvalue weighted by Crippen LogP contribution is 2.30. The third-order valence-corrected chi connectivity index (χ3v) is 2.52. The molecule has 1 aromatic carbocycles. The van der Waals surface area contributed by atoms with Crippen molar-refractivity contribution >= 4 is 5.69 Å². The predicted molar refractivity (Wildman–Crippen MR) is 65.6 cm³/mol. The van der Waals surface area contributed by atoms with Crippen molar-refractivity contribution in [1.82, 2.24) is 15.1 Å². The first kappa shape index (κ1) is 10.4. The maximum Gasteiger partial charge on any atom is 0.262 e. The minimum Gasteiger partial charge on any atom is -0.507 e. The Labute approximate surface area is 102 Å². The number of nitrogen functional groups attached to an aromatic ring is 1. The van der Waals surface area contributed by atoms with Gasteiger partial charge >= 0.3 is 0 Å². The number of nitrogens with two attached hydrogens (primary N) is 1. The van der Waals surface area contributed by atoms with Crippen LogP contribution in [0.15, 0.2) is 41.1 Å². The van der Waals surface area contributed by atoms with Crippen LogP contribution >= 0.6 is 0 Å². The van der Waals surface area contributed by atoms with Crippen LogP contribution in [0.1, 0.15) is 0 Å². The van der Waals surface area contributed by atoms with Gasteiger partial charge in [-0.2, -0.15) is 4.98 Å². The average molecular weight is 242 g/mol. The monoisotopic (exact) mass is 242 g/mol. The van der Waals surface area contributed by atoms with Crippen LogP contribution in [0.25, 0.3) is 23.0 Å². The number of rotatable bonds is 2. The number of anilines is 1. The van der Waals surface area contributed by atoms with Gasteiger partial charge in [0.1, 0.15) is 5.75 Å². The van der Waals surface area contributed by atoms with Crippen LogP contribution in [-0.4, -0.2) is 20.2 Å². The van der Waals surface area contributed by atoms with Crippen LogP contribution in [-0.2, 0) is 0 Å². The summed E-state index contributed by atoms with van der Waals surface area (Å²) in [5.74, 6) is 0.694. The van der Waals surface area contributed by atoms with E-state index in [0.29, 0.717) is 17.1 Å². The number of phenols is 1. The molecule has 3 rings (SSSR count). The first-order valence-corrected chi connectivity index (χ1v) is 5.30. The summed E-state index contributed by atoms with van der Waals surface area (Å²) >= 11 is 0. The molecule has 0 unspecified atom stereocenters. The summed E-state index contributed by atoms with van der Waals surface area (Å²) in [6, 6.07) is 8.40. The van der Waals surface area contributed by atoms with E-state index in [-0.39, 0.29) is 11.6 Å². The van der Waals surface area contributed by atoms with Gasteiger partial charge in [0, 0.05) is 18.0 Å². The van der Waals surface area contributed by atoms with Gasteiger partial charge < -0.3 is 20.3 Å². The number of aromatic nitrogens is 3. The van der Waals surface area contributed by atoms with Crippen LogP contribution in [0.3, 0.4) is 0 Å². The number of aromatic amines is 1. The minimum absolute atomic E-state index is 0.0108. The average Bonchev–Trinajstić information content (AvgIpc) is 2.99. The van der Waals surface area contributed by atoms with E-state index < -0.39 is 0 Å². The van der Waals surface area contributed by atoms with Crippen LogP contribution in [0, 0.1) is 0 Å². The molecule has 2 aromatic heterocycles. The van der Waals surface area contributed by atoms with E-state index in [1.165, 1.54) is 6.07 Å². The van der Waals surface area contributed by atoms with E-state index in [0.717, 1.165) is 5.69 Å². The summed E-state index contributed by atoms with van der Waals surface area (Å²) in [5.41, 5.74) is 7.23. The van der Waals surface area contributed by atoms with Gasteiger partial charge in [0.25, 0.3) is 5.89 Å². The highest BCUT2D eigenvalue weighted by Gasteiger charge is 2.14. The van der Waals surface area contributed by atoms with E-state index in [1.807, 2.05) is 12.1 Å². The third kappa shape index (κ3) is 1.69. The standard InChI is InChI=1S/C12H10N4O2/c13-7-3-4-8(10(17)6-7)12-15-11(16-18-12)9-2-1-5-14-9/h1-6,14,17H,13H2. The lowest BCUT2D eigenvalue weighted by Gasteiger charge is -1.99. The van der Waals surface area contributed by atoms with Crippen LogP contribution < -0.4 is 5.73 Å². The molecule has 6 heteroatoms. The molecule has 0 bridgehead atoms. The zero-order chi connectivity index (χ0) is 12.5. The summed E-state index contributed by atoms with van der Waals surface area (Å²) < 4.78 is 5.11. The second-order valence-electron chi connectivity index (χ2n) is 3.78. The summed E-state index contributed by atoms with van der Waals surface area (Å²) in [6.07, 6.45) is 1.77.